The standard InChI is InChI=1S/C24H20N2OS2/c1-24(2,3)19-11-15(10-17-7-9-29-23(17)19)13-25-14-26-21-12-18-20(27-21)5-4-16-6-8-28-22(16)18/h4-14H,1-3H3/b25-13?,26-14-. The maximum absolute atomic E-state index is 5.85. The van der Waals surface area contributed by atoms with Crippen LogP contribution in [0.4, 0.5) is 5.88 Å². The Bertz CT molecular complexity index is 1390. The Morgan fingerprint density at radius 2 is 1.69 bits per heavy atom. The zero-order valence-corrected chi connectivity index (χ0v) is 18.1. The Morgan fingerprint density at radius 1 is 0.897 bits per heavy atom. The molecule has 5 rings (SSSR count). The molecule has 0 spiro atoms. The van der Waals surface area contributed by atoms with Crippen LogP contribution in [0.25, 0.3) is 31.1 Å². The SMILES string of the molecule is CC(C)(C)c1cc(C=N/C=N\c2cc3c(ccc4ccsc43)o2)cc2ccsc12. The van der Waals surface area contributed by atoms with Gasteiger partial charge in [-0.05, 0) is 74.5 Å². The zero-order chi connectivity index (χ0) is 20.0. The summed E-state index contributed by atoms with van der Waals surface area (Å²) < 4.78 is 8.43. The molecule has 0 amide bonds. The summed E-state index contributed by atoms with van der Waals surface area (Å²) in [7, 11) is 0. The van der Waals surface area contributed by atoms with Crippen LogP contribution in [-0.2, 0) is 5.41 Å². The number of hydrogen-bond acceptors (Lipinski definition) is 4. The van der Waals surface area contributed by atoms with Crippen LogP contribution in [0.3, 0.4) is 0 Å². The van der Waals surface area contributed by atoms with Crippen LogP contribution < -0.4 is 0 Å². The molecule has 29 heavy (non-hydrogen) atoms. The zero-order valence-electron chi connectivity index (χ0n) is 16.5. The van der Waals surface area contributed by atoms with Crippen LogP contribution in [0, 0.1) is 0 Å². The molecule has 0 atom stereocenters. The van der Waals surface area contributed by atoms with E-state index in [-0.39, 0.29) is 5.41 Å². The van der Waals surface area contributed by atoms with Crippen LogP contribution in [0.2, 0.25) is 0 Å². The molecule has 144 valence electrons. The number of rotatable bonds is 3. The highest BCUT2D eigenvalue weighted by Gasteiger charge is 2.18. The highest BCUT2D eigenvalue weighted by molar-refractivity contribution is 7.18. The lowest BCUT2D eigenvalue weighted by molar-refractivity contribution is 0.596. The largest absolute Gasteiger partial charge is 0.438 e. The van der Waals surface area contributed by atoms with Gasteiger partial charge in [0.25, 0.3) is 0 Å². The first-order chi connectivity index (χ1) is 14.0. The van der Waals surface area contributed by atoms with Crippen LogP contribution in [0.1, 0.15) is 31.9 Å². The van der Waals surface area contributed by atoms with E-state index in [9.17, 15) is 0 Å². The molecule has 5 heteroatoms. The molecule has 0 aliphatic carbocycles. The smallest absolute Gasteiger partial charge is 0.221 e. The monoisotopic (exact) mass is 416 g/mol. The van der Waals surface area contributed by atoms with Gasteiger partial charge in [0, 0.05) is 27.1 Å². The summed E-state index contributed by atoms with van der Waals surface area (Å²) in [6.45, 7) is 6.74. The molecule has 0 aliphatic rings. The van der Waals surface area contributed by atoms with Gasteiger partial charge in [-0.15, -0.1) is 22.7 Å². The van der Waals surface area contributed by atoms with E-state index in [1.807, 2.05) is 18.3 Å². The second-order valence-electron chi connectivity index (χ2n) is 8.08. The van der Waals surface area contributed by atoms with Gasteiger partial charge in [-0.2, -0.15) is 0 Å². The average molecular weight is 417 g/mol. The van der Waals surface area contributed by atoms with E-state index in [1.54, 1.807) is 29.0 Å². The topological polar surface area (TPSA) is 37.9 Å². The number of benzene rings is 2. The molecule has 3 heterocycles. The third kappa shape index (κ3) is 3.41. The van der Waals surface area contributed by atoms with Crippen molar-refractivity contribution in [1.82, 2.24) is 0 Å². The van der Waals surface area contributed by atoms with Gasteiger partial charge in [-0.1, -0.05) is 20.8 Å². The van der Waals surface area contributed by atoms with Gasteiger partial charge in [0.05, 0.1) is 0 Å². The van der Waals surface area contributed by atoms with Crippen LogP contribution in [0.5, 0.6) is 0 Å². The average Bonchev–Trinajstić information content (AvgIpc) is 3.41. The van der Waals surface area contributed by atoms with Crippen LogP contribution in [-0.4, -0.2) is 12.6 Å². The first kappa shape index (κ1) is 18.3. The predicted octanol–water partition coefficient (Wildman–Crippen LogP) is 7.94. The van der Waals surface area contributed by atoms with E-state index in [2.05, 4.69) is 71.8 Å². The molecule has 0 saturated carbocycles. The minimum atomic E-state index is 0.0858. The lowest BCUT2D eigenvalue weighted by Crippen LogP contribution is -2.11. The van der Waals surface area contributed by atoms with Gasteiger partial charge in [-0.3, -0.25) is 0 Å². The number of hydrogen-bond donors (Lipinski definition) is 0. The molecular formula is C24H20N2OS2. The number of thiophene rings is 2. The molecule has 0 radical (unpaired) electrons. The summed E-state index contributed by atoms with van der Waals surface area (Å²) in [5.74, 6) is 0.571. The Hall–Kier alpha value is -2.76. The molecule has 2 aromatic carbocycles. The van der Waals surface area contributed by atoms with Crippen LogP contribution in [0.15, 0.2) is 67.6 Å². The van der Waals surface area contributed by atoms with Gasteiger partial charge >= 0.3 is 0 Å². The Labute approximate surface area is 177 Å². The second-order valence-corrected chi connectivity index (χ2v) is 9.91. The van der Waals surface area contributed by atoms with Gasteiger partial charge in [0.15, 0.2) is 0 Å². The summed E-state index contributed by atoms with van der Waals surface area (Å²) in [4.78, 5) is 8.79. The number of nitrogens with zero attached hydrogens (tertiary/aromatic N) is 2. The highest BCUT2D eigenvalue weighted by atomic mass is 32.1. The molecule has 0 fully saturated rings. The minimum absolute atomic E-state index is 0.0858. The summed E-state index contributed by atoms with van der Waals surface area (Å²) in [5.41, 5.74) is 3.37. The molecule has 3 nitrogen and oxygen atoms in total. The normalized spacial score (nSPS) is 13.1. The third-order valence-corrected chi connectivity index (χ3v) is 6.89. The molecule has 0 aliphatic heterocycles. The quantitative estimate of drug-likeness (QED) is 0.217. The second kappa shape index (κ2) is 6.94. The predicted molar refractivity (Wildman–Crippen MR) is 128 cm³/mol. The molecule has 3 aromatic heterocycles. The summed E-state index contributed by atoms with van der Waals surface area (Å²) >= 11 is 3.52. The van der Waals surface area contributed by atoms with E-state index in [0.29, 0.717) is 5.88 Å². The van der Waals surface area contributed by atoms with E-state index < -0.39 is 0 Å². The summed E-state index contributed by atoms with van der Waals surface area (Å²) in [6, 6.07) is 14.7. The lowest BCUT2D eigenvalue weighted by atomic mass is 9.85. The summed E-state index contributed by atoms with van der Waals surface area (Å²) in [5, 5.41) is 7.84. The van der Waals surface area contributed by atoms with Crippen molar-refractivity contribution in [3.05, 3.63) is 64.4 Å². The van der Waals surface area contributed by atoms with Crippen molar-refractivity contribution < 1.29 is 4.42 Å². The number of furan rings is 1. The maximum atomic E-state index is 5.85. The fourth-order valence-electron chi connectivity index (χ4n) is 3.54. The summed E-state index contributed by atoms with van der Waals surface area (Å²) in [6.07, 6.45) is 3.41. The van der Waals surface area contributed by atoms with E-state index >= 15 is 0 Å². The number of aliphatic imine (C=N–C) groups is 2. The van der Waals surface area contributed by atoms with E-state index in [4.69, 9.17) is 4.42 Å². The Morgan fingerprint density at radius 3 is 2.52 bits per heavy atom. The minimum Gasteiger partial charge on any atom is -0.438 e. The Balaban J connectivity index is 1.43. The van der Waals surface area contributed by atoms with Crippen molar-refractivity contribution in [3.8, 4) is 0 Å². The van der Waals surface area contributed by atoms with Crippen molar-refractivity contribution in [3.63, 3.8) is 0 Å². The van der Waals surface area contributed by atoms with Crippen molar-refractivity contribution >= 4 is 72.3 Å². The molecule has 0 unspecified atom stereocenters. The fourth-order valence-corrected chi connectivity index (χ4v) is 5.55. The van der Waals surface area contributed by atoms with E-state index in [1.165, 1.54) is 25.7 Å². The van der Waals surface area contributed by atoms with Gasteiger partial charge in [0.1, 0.15) is 11.9 Å². The molecule has 0 bridgehead atoms. The lowest BCUT2D eigenvalue weighted by Gasteiger charge is -2.20. The van der Waals surface area contributed by atoms with Gasteiger partial charge in [-0.25, -0.2) is 9.98 Å². The van der Waals surface area contributed by atoms with E-state index in [0.717, 1.165) is 16.5 Å². The van der Waals surface area contributed by atoms with Gasteiger partial charge in [0.2, 0.25) is 5.88 Å². The first-order valence-electron chi connectivity index (χ1n) is 9.46. The van der Waals surface area contributed by atoms with Crippen molar-refractivity contribution in [2.45, 2.75) is 26.2 Å². The van der Waals surface area contributed by atoms with Crippen LogP contribution >= 0.6 is 22.7 Å². The number of fused-ring (bicyclic) bond motifs is 4. The molecule has 0 N–H and O–H groups in total. The fraction of sp³-hybridized carbons (Fsp3) is 0.167. The van der Waals surface area contributed by atoms with Gasteiger partial charge < -0.3 is 4.42 Å². The van der Waals surface area contributed by atoms with Crippen molar-refractivity contribution in [2.24, 2.45) is 9.98 Å². The highest BCUT2D eigenvalue weighted by Crippen LogP contribution is 2.35. The molecule has 0 saturated heterocycles. The molecule has 5 aromatic rings. The van der Waals surface area contributed by atoms with Crippen molar-refractivity contribution in [2.75, 3.05) is 0 Å². The third-order valence-electron chi connectivity index (χ3n) is 4.96. The first-order valence-corrected chi connectivity index (χ1v) is 11.2. The Kier molecular flexibility index (Phi) is 4.37. The van der Waals surface area contributed by atoms with Crippen molar-refractivity contribution in [1.29, 1.82) is 0 Å². The molecular weight excluding hydrogens is 396 g/mol. The maximum Gasteiger partial charge on any atom is 0.221 e.